The van der Waals surface area contributed by atoms with Crippen molar-refractivity contribution in [3.05, 3.63) is 106 Å². The summed E-state index contributed by atoms with van der Waals surface area (Å²) in [6.07, 6.45) is 7.20. The van der Waals surface area contributed by atoms with Crippen LogP contribution in [0.2, 0.25) is 0 Å². The molecule has 5 N–H and O–H groups in total. The molecule has 1 aromatic heterocycles. The summed E-state index contributed by atoms with van der Waals surface area (Å²) in [6.45, 7) is 9.96. The van der Waals surface area contributed by atoms with Crippen LogP contribution in [0.15, 0.2) is 83.7 Å². The molecule has 2 bridgehead atoms. The Labute approximate surface area is 323 Å². The van der Waals surface area contributed by atoms with E-state index >= 15 is 0 Å². The van der Waals surface area contributed by atoms with Gasteiger partial charge in [-0.2, -0.15) is 0 Å². The number of hydrogen-bond donors (Lipinski definition) is 5. The summed E-state index contributed by atoms with van der Waals surface area (Å²) < 4.78 is 14.0. The van der Waals surface area contributed by atoms with E-state index < -0.39 is 17.2 Å². The molecule has 1 saturated carbocycles. The number of phenolic OH excluding ortho intramolecular Hbond substituents is 1. The van der Waals surface area contributed by atoms with Crippen LogP contribution in [0.25, 0.3) is 10.9 Å². The number of quaternary nitrogens is 1. The zero-order valence-corrected chi connectivity index (χ0v) is 32.8. The Balaban J connectivity index is 0.00000481. The van der Waals surface area contributed by atoms with Crippen molar-refractivity contribution >= 4 is 27.9 Å². The summed E-state index contributed by atoms with van der Waals surface area (Å²) in [5.74, 6) is 1.66. The third-order valence-electron chi connectivity index (χ3n) is 12.5. The van der Waals surface area contributed by atoms with Crippen LogP contribution < -0.4 is 15.6 Å². The van der Waals surface area contributed by atoms with E-state index in [1.165, 1.54) is 50.9 Å². The zero-order valence-electron chi connectivity index (χ0n) is 31.1. The number of aliphatic hydroxyl groups excluding tert-OH is 1. The fourth-order valence-corrected chi connectivity index (χ4v) is 9.20. The van der Waals surface area contributed by atoms with Crippen LogP contribution in [0.3, 0.4) is 0 Å². The minimum Gasteiger partial charge on any atom is -0.506 e. The molecule has 0 unspecified atom stereocenters. The summed E-state index contributed by atoms with van der Waals surface area (Å²) in [4.78, 5) is 14.4. The van der Waals surface area contributed by atoms with E-state index in [9.17, 15) is 20.1 Å². The van der Waals surface area contributed by atoms with Crippen molar-refractivity contribution in [3.8, 4) is 11.5 Å². The van der Waals surface area contributed by atoms with Crippen molar-refractivity contribution in [2.75, 3.05) is 45.9 Å². The number of nitrogens with zero attached hydrogens (tertiary/aromatic N) is 1. The largest absolute Gasteiger partial charge is 0.506 e. The Morgan fingerprint density at radius 2 is 1.64 bits per heavy atom. The number of ether oxygens (including phenoxy) is 2. The Bertz CT molecular complexity index is 1850. The van der Waals surface area contributed by atoms with Gasteiger partial charge in [0.15, 0.2) is 0 Å². The maximum Gasteiger partial charge on any atom is 0.248 e. The molecule has 3 saturated heterocycles. The Hall–Kier alpha value is -3.25. The van der Waals surface area contributed by atoms with Crippen LogP contribution in [0.4, 0.5) is 0 Å². The minimum atomic E-state index is -0.919. The summed E-state index contributed by atoms with van der Waals surface area (Å²) >= 11 is 0. The van der Waals surface area contributed by atoms with Gasteiger partial charge in [-0.15, -0.1) is 17.0 Å². The average molecular weight is 792 g/mol. The van der Waals surface area contributed by atoms with Gasteiger partial charge in [0, 0.05) is 48.7 Å². The molecule has 1 aliphatic carbocycles. The molecule has 286 valence electrons. The van der Waals surface area contributed by atoms with Crippen molar-refractivity contribution in [1.82, 2.24) is 10.3 Å². The number of aromatic nitrogens is 1. The highest BCUT2D eigenvalue weighted by Crippen LogP contribution is 2.43. The smallest absolute Gasteiger partial charge is 0.248 e. The highest BCUT2D eigenvalue weighted by atomic mass is 79.9. The summed E-state index contributed by atoms with van der Waals surface area (Å²) in [5.41, 5.74) is 1.37. The van der Waals surface area contributed by atoms with Gasteiger partial charge in [0.05, 0.1) is 44.5 Å². The second-order valence-corrected chi connectivity index (χ2v) is 16.2. The van der Waals surface area contributed by atoms with Crippen molar-refractivity contribution in [2.24, 2.45) is 11.8 Å². The number of piperidine rings is 3. The number of aliphatic hydroxyl groups is 2. The van der Waals surface area contributed by atoms with Crippen LogP contribution in [-0.4, -0.2) is 76.8 Å². The Kier molecular flexibility index (Phi) is 12.4. The highest BCUT2D eigenvalue weighted by molar-refractivity contribution is 8.93. The van der Waals surface area contributed by atoms with Gasteiger partial charge in [0.25, 0.3) is 0 Å². The first-order chi connectivity index (χ1) is 25.1. The first-order valence-electron chi connectivity index (χ1n) is 19.3. The molecular formula is C43H57BrN3O6+. The van der Waals surface area contributed by atoms with Crippen LogP contribution in [0.1, 0.15) is 81.6 Å². The molecule has 53 heavy (non-hydrogen) atoms. The molecule has 9 nitrogen and oxygen atoms in total. The van der Waals surface area contributed by atoms with E-state index in [0.717, 1.165) is 53.7 Å². The Morgan fingerprint density at radius 1 is 0.925 bits per heavy atom. The van der Waals surface area contributed by atoms with E-state index in [1.54, 1.807) is 12.1 Å². The Morgan fingerprint density at radius 3 is 2.36 bits per heavy atom. The molecule has 3 aliphatic heterocycles. The number of rotatable bonds is 15. The van der Waals surface area contributed by atoms with E-state index in [2.05, 4.69) is 48.4 Å². The predicted octanol–water partition coefficient (Wildman–Crippen LogP) is 6.84. The van der Waals surface area contributed by atoms with Crippen LogP contribution >= 0.6 is 17.0 Å². The number of benzene rings is 3. The number of halogens is 1. The highest BCUT2D eigenvalue weighted by Gasteiger charge is 2.48. The molecule has 0 amide bonds. The molecule has 4 fully saturated rings. The number of aromatic amines is 1. The fourth-order valence-electron chi connectivity index (χ4n) is 9.20. The maximum absolute atomic E-state index is 12.1. The number of nitrogens with one attached hydrogen (secondary N) is 2. The van der Waals surface area contributed by atoms with Gasteiger partial charge in [-0.1, -0.05) is 61.4 Å². The van der Waals surface area contributed by atoms with E-state index in [0.29, 0.717) is 35.6 Å². The minimum absolute atomic E-state index is 0. The molecule has 4 aromatic rings. The third-order valence-corrected chi connectivity index (χ3v) is 12.5. The van der Waals surface area contributed by atoms with Gasteiger partial charge >= 0.3 is 0 Å². The molecule has 4 aliphatic rings. The number of hydrogen-bond acceptors (Lipinski definition) is 7. The lowest BCUT2D eigenvalue weighted by Crippen LogP contribution is -2.65. The lowest BCUT2D eigenvalue weighted by molar-refractivity contribution is -0.946. The molecule has 0 radical (unpaired) electrons. The number of fused-ring (bicyclic) bond motifs is 4. The second-order valence-electron chi connectivity index (χ2n) is 16.2. The van der Waals surface area contributed by atoms with Crippen LogP contribution in [-0.2, 0) is 15.9 Å². The summed E-state index contributed by atoms with van der Waals surface area (Å²) in [7, 11) is 0. The number of pyridine rings is 1. The zero-order chi connectivity index (χ0) is 36.3. The van der Waals surface area contributed by atoms with E-state index in [4.69, 9.17) is 9.47 Å². The van der Waals surface area contributed by atoms with Crippen molar-refractivity contribution in [1.29, 1.82) is 0 Å². The van der Waals surface area contributed by atoms with Gasteiger partial charge < -0.3 is 39.6 Å². The normalized spacial score (nSPS) is 23.4. The maximum atomic E-state index is 12.1. The number of phenols is 1. The van der Waals surface area contributed by atoms with Gasteiger partial charge in [-0.25, -0.2) is 0 Å². The second kappa shape index (κ2) is 16.6. The van der Waals surface area contributed by atoms with Crippen LogP contribution in [0.5, 0.6) is 11.5 Å². The predicted molar refractivity (Wildman–Crippen MR) is 214 cm³/mol. The lowest BCUT2D eigenvalue weighted by atomic mass is 9.80. The fraction of sp³-hybridized carbons (Fsp3) is 0.512. The van der Waals surface area contributed by atoms with E-state index in [-0.39, 0.29) is 46.9 Å². The number of H-pyrrole nitrogens is 1. The molecular weight excluding hydrogens is 734 g/mol. The van der Waals surface area contributed by atoms with Crippen molar-refractivity contribution in [3.63, 3.8) is 0 Å². The summed E-state index contributed by atoms with van der Waals surface area (Å²) in [5, 5.41) is 37.4. The van der Waals surface area contributed by atoms with Crippen molar-refractivity contribution in [2.45, 2.75) is 82.1 Å². The van der Waals surface area contributed by atoms with Gasteiger partial charge in [0.2, 0.25) is 5.56 Å². The first kappa shape index (κ1) is 39.4. The standard InChI is InChI=1S/C43H55N3O6.BrH/c1-42(2,44-27-38(48)35-17-19-37(47)41-36(35)18-20-40(49)45-41)31-13-15-34(16-14-31)51-26-8-23-46-24-21-30(22-25-46)39(28-46)52-29-43(50,33-11-6-7-12-33)32-9-4-3-5-10-32;/h3-5,9-10,13-20,30,33,38-39,44,48,50H,6-8,11-12,21-29H2,1-2H3,(H-,45,47,49);1H/p+1/t30?,38-,39-,43+,46?;/m0./s1. The first-order valence-corrected chi connectivity index (χ1v) is 19.3. The summed E-state index contributed by atoms with van der Waals surface area (Å²) in [6, 6.07) is 24.6. The monoisotopic (exact) mass is 790 g/mol. The van der Waals surface area contributed by atoms with Gasteiger partial charge in [0.1, 0.15) is 29.7 Å². The third kappa shape index (κ3) is 8.69. The SMILES string of the molecule is Br.CC(C)(NC[C@H](O)c1ccc(O)c2[nH]c(=O)ccc12)c1ccc(OCCC[N+]23CCC(CC2)[C@@H](OC[C@@](O)(c2ccccc2)C2CCCC2)C3)cc1. The number of aromatic hydroxyl groups is 1. The molecule has 0 spiro atoms. The molecule has 3 aromatic carbocycles. The van der Waals surface area contributed by atoms with E-state index in [1.807, 2.05) is 30.3 Å². The molecule has 8 rings (SSSR count). The van der Waals surface area contributed by atoms with Gasteiger partial charge in [-0.3, -0.25) is 4.79 Å². The lowest BCUT2D eigenvalue weighted by Gasteiger charge is -2.53. The average Bonchev–Trinajstić information content (AvgIpc) is 3.72. The molecule has 3 atom stereocenters. The van der Waals surface area contributed by atoms with Gasteiger partial charge in [-0.05, 0) is 73.6 Å². The molecule has 4 heterocycles. The molecule has 10 heteroatoms. The van der Waals surface area contributed by atoms with Crippen molar-refractivity contribution < 1.29 is 29.3 Å². The topological polar surface area (TPSA) is 124 Å². The quantitative estimate of drug-likeness (QED) is 0.0660. The van der Waals surface area contributed by atoms with Crippen LogP contribution in [0, 0.1) is 11.8 Å².